The largest absolute Gasteiger partial charge is 0.308 e. The molecule has 0 N–H and O–H groups in total. The molecule has 0 unspecified atom stereocenters. The molecule has 3 rings (SSSR count). The van der Waals surface area contributed by atoms with E-state index >= 15 is 0 Å². The lowest BCUT2D eigenvalue weighted by atomic mass is 9.97. The van der Waals surface area contributed by atoms with Gasteiger partial charge in [0, 0.05) is 35.9 Å². The van der Waals surface area contributed by atoms with Crippen molar-refractivity contribution >= 4 is 23.2 Å². The Morgan fingerprint density at radius 3 is 2.18 bits per heavy atom. The number of piperidine rings is 1. The molecule has 3 nitrogen and oxygen atoms in total. The molecule has 2 aromatic carbocycles. The van der Waals surface area contributed by atoms with Crippen molar-refractivity contribution in [2.75, 3.05) is 18.0 Å². The van der Waals surface area contributed by atoms with E-state index in [0.717, 1.165) is 48.3 Å². The first-order valence-corrected chi connectivity index (χ1v) is 10.6. The Kier molecular flexibility index (Phi) is 6.79. The van der Waals surface area contributed by atoms with Gasteiger partial charge in [-0.25, -0.2) is 0 Å². The first kappa shape index (κ1) is 20.9. The minimum atomic E-state index is 0.169. The van der Waals surface area contributed by atoms with Gasteiger partial charge in [0.15, 0.2) is 0 Å². The average molecular weight is 399 g/mol. The fourth-order valence-corrected chi connectivity index (χ4v) is 4.35. The van der Waals surface area contributed by atoms with Gasteiger partial charge in [-0.1, -0.05) is 41.9 Å². The van der Waals surface area contributed by atoms with Crippen molar-refractivity contribution in [1.82, 2.24) is 4.90 Å². The Morgan fingerprint density at radius 2 is 1.64 bits per heavy atom. The lowest BCUT2D eigenvalue weighted by molar-refractivity contribution is -0.118. The fourth-order valence-electron chi connectivity index (χ4n) is 4.22. The van der Waals surface area contributed by atoms with Crippen molar-refractivity contribution in [2.24, 2.45) is 0 Å². The second-order valence-corrected chi connectivity index (χ2v) is 8.60. The predicted molar refractivity (Wildman–Crippen MR) is 118 cm³/mol. The van der Waals surface area contributed by atoms with Crippen molar-refractivity contribution in [3.63, 3.8) is 0 Å². The van der Waals surface area contributed by atoms with Gasteiger partial charge < -0.3 is 9.80 Å². The molecule has 1 aliphatic rings. The number of anilines is 1. The minimum absolute atomic E-state index is 0.169. The molecule has 28 heavy (non-hydrogen) atoms. The molecular weight excluding hydrogens is 368 g/mol. The molecular formula is C24H31ClN2O. The predicted octanol–water partition coefficient (Wildman–Crippen LogP) is 5.41. The standard InChI is InChI=1S/C24H31ClN2O/c1-17(2)26-14-12-22(13-15-26)27(24-18(3)6-5-7-19(24)4)23(28)16-20-8-10-21(25)11-9-20/h5-11,17,22H,12-16H2,1-4H3. The second-order valence-electron chi connectivity index (χ2n) is 8.17. The molecule has 0 spiro atoms. The van der Waals surface area contributed by atoms with E-state index in [9.17, 15) is 4.79 Å². The summed E-state index contributed by atoms with van der Waals surface area (Å²) in [7, 11) is 0. The highest BCUT2D eigenvalue weighted by atomic mass is 35.5. The third-order valence-corrected chi connectivity index (χ3v) is 6.06. The zero-order valence-electron chi connectivity index (χ0n) is 17.4. The van der Waals surface area contributed by atoms with Gasteiger partial charge in [-0.05, 0) is 69.4 Å². The zero-order valence-corrected chi connectivity index (χ0v) is 18.2. The van der Waals surface area contributed by atoms with E-state index in [2.05, 4.69) is 55.7 Å². The molecule has 150 valence electrons. The Morgan fingerprint density at radius 1 is 1.07 bits per heavy atom. The van der Waals surface area contributed by atoms with Crippen LogP contribution in [0.15, 0.2) is 42.5 Å². The molecule has 0 bridgehead atoms. The number of rotatable bonds is 5. The van der Waals surface area contributed by atoms with E-state index in [1.54, 1.807) is 0 Å². The number of carbonyl (C=O) groups excluding carboxylic acids is 1. The average Bonchev–Trinajstić information content (AvgIpc) is 2.66. The van der Waals surface area contributed by atoms with E-state index < -0.39 is 0 Å². The van der Waals surface area contributed by atoms with Gasteiger partial charge in [0.05, 0.1) is 6.42 Å². The van der Waals surface area contributed by atoms with E-state index in [-0.39, 0.29) is 11.9 Å². The molecule has 0 radical (unpaired) electrons. The van der Waals surface area contributed by atoms with Crippen LogP contribution < -0.4 is 4.90 Å². The zero-order chi connectivity index (χ0) is 20.3. The quantitative estimate of drug-likeness (QED) is 0.672. The van der Waals surface area contributed by atoms with Crippen LogP contribution in [0.5, 0.6) is 0 Å². The summed E-state index contributed by atoms with van der Waals surface area (Å²) in [6, 6.07) is 14.7. The highest BCUT2D eigenvalue weighted by Gasteiger charge is 2.31. The van der Waals surface area contributed by atoms with Crippen molar-refractivity contribution in [2.45, 2.75) is 59.0 Å². The summed E-state index contributed by atoms with van der Waals surface area (Å²) in [4.78, 5) is 18.1. The number of amides is 1. The fraction of sp³-hybridized carbons (Fsp3) is 0.458. The van der Waals surface area contributed by atoms with Gasteiger partial charge in [-0.3, -0.25) is 4.79 Å². The maximum Gasteiger partial charge on any atom is 0.231 e. The maximum absolute atomic E-state index is 13.5. The summed E-state index contributed by atoms with van der Waals surface area (Å²) < 4.78 is 0. The lowest BCUT2D eigenvalue weighted by Gasteiger charge is -2.41. The van der Waals surface area contributed by atoms with Crippen LogP contribution in [0.4, 0.5) is 5.69 Å². The van der Waals surface area contributed by atoms with Crippen LogP contribution in [-0.4, -0.2) is 36.0 Å². The number of benzene rings is 2. The van der Waals surface area contributed by atoms with Crippen LogP contribution in [-0.2, 0) is 11.2 Å². The first-order chi connectivity index (χ1) is 13.4. The van der Waals surface area contributed by atoms with Crippen LogP contribution in [0.2, 0.25) is 5.02 Å². The minimum Gasteiger partial charge on any atom is -0.308 e. The van der Waals surface area contributed by atoms with Crippen molar-refractivity contribution in [3.05, 3.63) is 64.2 Å². The lowest BCUT2D eigenvalue weighted by Crippen LogP contribution is -2.50. The van der Waals surface area contributed by atoms with Gasteiger partial charge in [0.25, 0.3) is 0 Å². The van der Waals surface area contributed by atoms with Crippen LogP contribution in [0.25, 0.3) is 0 Å². The molecule has 0 atom stereocenters. The SMILES string of the molecule is Cc1cccc(C)c1N(C(=O)Cc1ccc(Cl)cc1)C1CCN(C(C)C)CC1. The second kappa shape index (κ2) is 9.11. The van der Waals surface area contributed by atoms with E-state index in [1.807, 2.05) is 24.3 Å². The van der Waals surface area contributed by atoms with Gasteiger partial charge in [-0.2, -0.15) is 0 Å². The van der Waals surface area contributed by atoms with Crippen molar-refractivity contribution in [1.29, 1.82) is 0 Å². The third kappa shape index (κ3) is 4.76. The van der Waals surface area contributed by atoms with Gasteiger partial charge in [0.1, 0.15) is 0 Å². The molecule has 1 amide bonds. The number of nitrogens with zero attached hydrogens (tertiary/aromatic N) is 2. The molecule has 0 saturated carbocycles. The topological polar surface area (TPSA) is 23.6 Å². The molecule has 1 fully saturated rings. The number of carbonyl (C=O) groups is 1. The molecule has 0 aliphatic carbocycles. The summed E-state index contributed by atoms with van der Waals surface area (Å²) in [5, 5.41) is 0.698. The number of hydrogen-bond acceptors (Lipinski definition) is 2. The monoisotopic (exact) mass is 398 g/mol. The van der Waals surface area contributed by atoms with Gasteiger partial charge in [-0.15, -0.1) is 0 Å². The van der Waals surface area contributed by atoms with Crippen molar-refractivity contribution < 1.29 is 4.79 Å². The van der Waals surface area contributed by atoms with Gasteiger partial charge >= 0.3 is 0 Å². The molecule has 1 heterocycles. The Bertz CT molecular complexity index is 788. The summed E-state index contributed by atoms with van der Waals surface area (Å²) in [5.74, 6) is 0.169. The summed E-state index contributed by atoms with van der Waals surface area (Å²) in [5.41, 5.74) is 4.42. The highest BCUT2D eigenvalue weighted by molar-refractivity contribution is 6.30. The Hall–Kier alpha value is -1.84. The van der Waals surface area contributed by atoms with Crippen LogP contribution in [0.3, 0.4) is 0 Å². The number of likely N-dealkylation sites (tertiary alicyclic amines) is 1. The summed E-state index contributed by atoms with van der Waals surface area (Å²) in [6.07, 6.45) is 2.42. The highest BCUT2D eigenvalue weighted by Crippen LogP contribution is 2.31. The Labute approximate surface area is 174 Å². The number of halogens is 1. The van der Waals surface area contributed by atoms with Crippen molar-refractivity contribution in [3.8, 4) is 0 Å². The third-order valence-electron chi connectivity index (χ3n) is 5.81. The molecule has 2 aromatic rings. The summed E-state index contributed by atoms with van der Waals surface area (Å²) >= 11 is 6.01. The summed E-state index contributed by atoms with van der Waals surface area (Å²) in [6.45, 7) is 10.8. The van der Waals surface area contributed by atoms with Crippen LogP contribution in [0.1, 0.15) is 43.4 Å². The molecule has 4 heteroatoms. The molecule has 1 saturated heterocycles. The molecule has 0 aromatic heterocycles. The number of para-hydroxylation sites is 1. The molecule has 1 aliphatic heterocycles. The normalized spacial score (nSPS) is 15.8. The first-order valence-electron chi connectivity index (χ1n) is 10.2. The van der Waals surface area contributed by atoms with E-state index in [0.29, 0.717) is 17.5 Å². The van der Waals surface area contributed by atoms with Crippen LogP contribution >= 0.6 is 11.6 Å². The van der Waals surface area contributed by atoms with Gasteiger partial charge in [0.2, 0.25) is 5.91 Å². The maximum atomic E-state index is 13.5. The number of aryl methyl sites for hydroxylation is 2. The van der Waals surface area contributed by atoms with E-state index in [4.69, 9.17) is 11.6 Å². The number of hydrogen-bond donors (Lipinski definition) is 0. The van der Waals surface area contributed by atoms with Crippen LogP contribution in [0, 0.1) is 13.8 Å². The Balaban J connectivity index is 1.88. The smallest absolute Gasteiger partial charge is 0.231 e. The van der Waals surface area contributed by atoms with E-state index in [1.165, 1.54) is 0 Å².